The number of benzene rings is 1. The average Bonchev–Trinajstić information content (AvgIpc) is 2.99. The van der Waals surface area contributed by atoms with Gasteiger partial charge in [-0.25, -0.2) is 0 Å². The van der Waals surface area contributed by atoms with E-state index in [-0.39, 0.29) is 0 Å². The van der Waals surface area contributed by atoms with Crippen molar-refractivity contribution < 1.29 is 9.47 Å². The lowest BCUT2D eigenvalue weighted by Crippen LogP contribution is -2.51. The van der Waals surface area contributed by atoms with E-state index in [0.717, 1.165) is 22.4 Å². The van der Waals surface area contributed by atoms with E-state index in [1.807, 2.05) is 6.07 Å². The van der Waals surface area contributed by atoms with E-state index in [2.05, 4.69) is 68.1 Å². The second kappa shape index (κ2) is 8.93. The molecule has 0 unspecified atom stereocenters. The predicted octanol–water partition coefficient (Wildman–Crippen LogP) is 6.53. The van der Waals surface area contributed by atoms with Crippen molar-refractivity contribution in [1.29, 1.82) is 0 Å². The molecule has 0 saturated carbocycles. The Morgan fingerprint density at radius 3 is 2.11 bits per heavy atom. The molecule has 0 aliphatic carbocycles. The van der Waals surface area contributed by atoms with Crippen molar-refractivity contribution in [3.05, 3.63) is 34.3 Å². The highest BCUT2D eigenvalue weighted by atomic mass is 28.3. The van der Waals surface area contributed by atoms with Crippen LogP contribution >= 0.6 is 0 Å². The summed E-state index contributed by atoms with van der Waals surface area (Å²) in [4.78, 5) is 2.91. The molecule has 1 aromatic carbocycles. The van der Waals surface area contributed by atoms with Crippen LogP contribution in [0.4, 0.5) is 0 Å². The highest BCUT2D eigenvalue weighted by Gasteiger charge is 2.46. The Hall–Kier alpha value is -2.11. The van der Waals surface area contributed by atoms with Gasteiger partial charge in [0.2, 0.25) is 0 Å². The van der Waals surface area contributed by atoms with Crippen molar-refractivity contribution in [3.63, 3.8) is 0 Å². The largest absolute Gasteiger partial charge is 0.493 e. The number of aromatic nitrogens is 1. The van der Waals surface area contributed by atoms with E-state index in [9.17, 15) is 0 Å². The van der Waals surface area contributed by atoms with Crippen molar-refractivity contribution in [2.75, 3.05) is 20.8 Å². The molecule has 0 saturated heterocycles. The summed E-state index contributed by atoms with van der Waals surface area (Å²) in [6.45, 7) is 14.6. The summed E-state index contributed by atoms with van der Waals surface area (Å²) in [7, 11) is 1.38. The quantitative estimate of drug-likeness (QED) is 0.207. The average molecular weight is 403 g/mol. The minimum atomic E-state index is -2.00. The third-order valence-electron chi connectivity index (χ3n) is 6.13. The molecule has 0 radical (unpaired) electrons. The molecule has 1 aromatic heterocycles. The second-order valence-electron chi connectivity index (χ2n) is 8.28. The number of rotatable bonds is 9. The van der Waals surface area contributed by atoms with Crippen LogP contribution in [0.1, 0.15) is 47.1 Å². The molecule has 0 aliphatic heterocycles. The van der Waals surface area contributed by atoms with Gasteiger partial charge in [0.1, 0.15) is 0 Å². The third kappa shape index (κ3) is 3.49. The molecule has 28 heavy (non-hydrogen) atoms. The van der Waals surface area contributed by atoms with Gasteiger partial charge in [-0.15, -0.1) is 0 Å². The van der Waals surface area contributed by atoms with Gasteiger partial charge >= 0.3 is 0 Å². The van der Waals surface area contributed by atoms with Crippen molar-refractivity contribution in [3.8, 4) is 11.5 Å². The Morgan fingerprint density at radius 2 is 1.64 bits per heavy atom. The summed E-state index contributed by atoms with van der Waals surface area (Å²) in [6, 6.07) is 4.07. The monoisotopic (exact) mass is 402 g/mol. The van der Waals surface area contributed by atoms with Crippen molar-refractivity contribution in [2.45, 2.75) is 64.6 Å². The van der Waals surface area contributed by atoms with Crippen molar-refractivity contribution >= 4 is 19.1 Å². The normalized spacial score (nSPS) is 12.1. The highest BCUT2D eigenvalue weighted by Crippen LogP contribution is 2.48. The first-order valence-electron chi connectivity index (χ1n) is 10.0. The molecule has 154 valence electrons. The van der Waals surface area contributed by atoms with Gasteiger partial charge in [-0.1, -0.05) is 46.7 Å². The SMILES string of the molecule is COc1ccc2c(CCN=[N+]=[N-])cn([Si](C(C)C)(C(C)C)C(C)C)c2c1OC. The number of hydrogen-bond acceptors (Lipinski definition) is 3. The van der Waals surface area contributed by atoms with Crippen LogP contribution in [-0.4, -0.2) is 33.2 Å². The van der Waals surface area contributed by atoms with E-state index in [4.69, 9.17) is 15.0 Å². The van der Waals surface area contributed by atoms with Gasteiger partial charge < -0.3 is 13.7 Å². The van der Waals surface area contributed by atoms with Crippen LogP contribution in [0.5, 0.6) is 11.5 Å². The van der Waals surface area contributed by atoms with E-state index in [1.165, 1.54) is 5.56 Å². The first kappa shape index (κ1) is 22.2. The Bertz CT molecular complexity index is 845. The smallest absolute Gasteiger partial charge is 0.184 e. The number of methoxy groups -OCH3 is 2. The fourth-order valence-corrected chi connectivity index (χ4v) is 11.9. The lowest BCUT2D eigenvalue weighted by molar-refractivity contribution is 0.357. The van der Waals surface area contributed by atoms with Crippen LogP contribution in [0, 0.1) is 0 Å². The van der Waals surface area contributed by atoms with E-state index in [1.54, 1.807) is 14.2 Å². The second-order valence-corrected chi connectivity index (χ2v) is 14.0. The highest BCUT2D eigenvalue weighted by molar-refractivity contribution is 6.82. The summed E-state index contributed by atoms with van der Waals surface area (Å²) < 4.78 is 14.0. The molecule has 2 aromatic rings. The molecule has 0 amide bonds. The van der Waals surface area contributed by atoms with Crippen LogP contribution in [-0.2, 0) is 6.42 Å². The minimum absolute atomic E-state index is 0.448. The minimum Gasteiger partial charge on any atom is -0.493 e. The number of hydrogen-bond donors (Lipinski definition) is 0. The number of fused-ring (bicyclic) bond motifs is 1. The fourth-order valence-electron chi connectivity index (χ4n) is 5.25. The Morgan fingerprint density at radius 1 is 1.04 bits per heavy atom. The molecule has 1 heterocycles. The first-order valence-corrected chi connectivity index (χ1v) is 12.2. The van der Waals surface area contributed by atoms with Gasteiger partial charge in [-0.2, -0.15) is 0 Å². The summed E-state index contributed by atoms with van der Waals surface area (Å²) in [6.07, 6.45) is 3.01. The molecule has 0 spiro atoms. The topological polar surface area (TPSA) is 72.1 Å². The maximum atomic E-state index is 8.68. The lowest BCUT2D eigenvalue weighted by Gasteiger charge is -2.44. The molecular weight excluding hydrogens is 368 g/mol. The zero-order valence-corrected chi connectivity index (χ0v) is 19.5. The molecule has 0 bridgehead atoms. The molecule has 7 heteroatoms. The van der Waals surface area contributed by atoms with Gasteiger partial charge in [0.05, 0.1) is 19.7 Å². The van der Waals surface area contributed by atoms with E-state index < -0.39 is 8.24 Å². The van der Waals surface area contributed by atoms with Crippen molar-refractivity contribution in [2.24, 2.45) is 5.11 Å². The lowest BCUT2D eigenvalue weighted by atomic mass is 10.1. The van der Waals surface area contributed by atoms with E-state index in [0.29, 0.717) is 29.6 Å². The van der Waals surface area contributed by atoms with Crippen molar-refractivity contribution in [1.82, 2.24) is 4.23 Å². The molecule has 6 nitrogen and oxygen atoms in total. The summed E-state index contributed by atoms with van der Waals surface area (Å²) >= 11 is 0. The molecule has 0 N–H and O–H groups in total. The number of ether oxygens (including phenoxy) is 2. The van der Waals surface area contributed by atoms with Crippen LogP contribution in [0.15, 0.2) is 23.4 Å². The standard InChI is InChI=1S/C21H34N4O2Si/c1-14(2)28(15(3)4,16(5)6)25-13-17(11-12-23-24-22)18-9-10-19(26-7)21(27-8)20(18)25/h9-10,13-16H,11-12H2,1-8H3. The van der Waals surface area contributed by atoms with Crippen LogP contribution in [0.2, 0.25) is 16.6 Å². The van der Waals surface area contributed by atoms with Crippen LogP contribution in [0.3, 0.4) is 0 Å². The first-order chi connectivity index (χ1) is 13.3. The maximum absolute atomic E-state index is 8.68. The third-order valence-corrected chi connectivity index (χ3v) is 12.9. The van der Waals surface area contributed by atoms with Gasteiger partial charge in [-0.05, 0) is 52.5 Å². The zero-order chi connectivity index (χ0) is 21.1. The molecule has 0 fully saturated rings. The van der Waals surface area contributed by atoms with E-state index >= 15 is 0 Å². The predicted molar refractivity (Wildman–Crippen MR) is 119 cm³/mol. The molecular formula is C21H34N4O2Si. The van der Waals surface area contributed by atoms with Gasteiger partial charge in [-0.3, -0.25) is 0 Å². The summed E-state index contributed by atoms with van der Waals surface area (Å²) in [5.41, 5.74) is 12.6. The summed E-state index contributed by atoms with van der Waals surface area (Å²) in [5.74, 6) is 1.53. The number of nitrogens with zero attached hydrogens (tertiary/aromatic N) is 4. The maximum Gasteiger partial charge on any atom is 0.184 e. The zero-order valence-electron chi connectivity index (χ0n) is 18.5. The van der Waals surface area contributed by atoms with Crippen LogP contribution < -0.4 is 9.47 Å². The van der Waals surface area contributed by atoms with Gasteiger partial charge in [0.25, 0.3) is 0 Å². The van der Waals surface area contributed by atoms with Crippen LogP contribution in [0.25, 0.3) is 21.3 Å². The van der Waals surface area contributed by atoms with Gasteiger partial charge in [0.15, 0.2) is 19.7 Å². The molecule has 2 rings (SSSR count). The Balaban J connectivity index is 2.95. The Labute approximate surface area is 169 Å². The summed E-state index contributed by atoms with van der Waals surface area (Å²) in [5, 5.41) is 4.91. The van der Waals surface area contributed by atoms with Gasteiger partial charge in [0, 0.05) is 16.8 Å². The molecule has 0 atom stereocenters. The fraction of sp³-hybridized carbons (Fsp3) is 0.619. The molecule has 0 aliphatic rings. The Kier molecular flexibility index (Phi) is 7.07. The number of azide groups is 1.